The minimum atomic E-state index is -1.15. The Balaban J connectivity index is 1.83. The Morgan fingerprint density at radius 3 is 2.53 bits per heavy atom. The van der Waals surface area contributed by atoms with Gasteiger partial charge in [0.05, 0.1) is 30.0 Å². The molecule has 1 amide bonds. The van der Waals surface area contributed by atoms with Crippen molar-refractivity contribution in [1.29, 1.82) is 0 Å². The molecule has 1 aromatic carbocycles. The lowest BCUT2D eigenvalue weighted by atomic mass is 10.2. The topological polar surface area (TPSA) is 56.1 Å². The number of nitrogens with zero attached hydrogens (tertiary/aromatic N) is 2. The number of para-hydroxylation sites is 1. The summed E-state index contributed by atoms with van der Waals surface area (Å²) in [6.45, 7) is 8.04. The first-order valence-corrected chi connectivity index (χ1v) is 15.2. The Labute approximate surface area is 205 Å². The number of rotatable bonds is 7. The van der Waals surface area contributed by atoms with Gasteiger partial charge in [-0.3, -0.25) is 9.36 Å². The van der Waals surface area contributed by atoms with Gasteiger partial charge < -0.3 is 10.1 Å². The molecule has 160 valence electrons. The van der Waals surface area contributed by atoms with Crippen molar-refractivity contribution in [1.82, 2.24) is 9.55 Å². The second-order valence-electron chi connectivity index (χ2n) is 8.02. The van der Waals surface area contributed by atoms with Crippen LogP contribution in [0.4, 0.5) is 5.69 Å². The lowest BCUT2D eigenvalue weighted by Crippen LogP contribution is -2.22. The lowest BCUT2D eigenvalue weighted by Gasteiger charge is -2.16. The fourth-order valence-corrected chi connectivity index (χ4v) is 4.95. The number of halogens is 4. The predicted molar refractivity (Wildman–Crippen MR) is 136 cm³/mol. The van der Waals surface area contributed by atoms with E-state index in [0.29, 0.717) is 45.1 Å². The SMILES string of the molecule is C[Si](C)(C)CCOCn1c(I)cc2c(Cl)c(C(=O)Nc3c(Cl)cccc3Cl)cnc21. The molecule has 0 unspecified atom stereocenters. The highest BCUT2D eigenvalue weighted by atomic mass is 127. The Bertz CT molecular complexity index is 1080. The number of carbonyl (C=O) groups is 1. The highest BCUT2D eigenvalue weighted by molar-refractivity contribution is 14.1. The van der Waals surface area contributed by atoms with Crippen LogP contribution in [0.3, 0.4) is 0 Å². The number of pyridine rings is 1. The maximum atomic E-state index is 12.8. The second kappa shape index (κ2) is 9.75. The molecule has 1 N–H and O–H groups in total. The zero-order valence-electron chi connectivity index (χ0n) is 16.7. The highest BCUT2D eigenvalue weighted by Crippen LogP contribution is 2.33. The molecule has 0 saturated heterocycles. The standard InChI is InChI=1S/C20H21Cl3IN3O2Si/c1-30(2,3)8-7-29-11-27-16(24)9-12-17(23)13(10-25-19(12)27)20(28)26-18-14(21)5-4-6-15(18)22/h4-6,9-10H,7-8,11H2,1-3H3,(H,26,28). The van der Waals surface area contributed by atoms with Gasteiger partial charge in [0.15, 0.2) is 0 Å². The van der Waals surface area contributed by atoms with Crippen LogP contribution < -0.4 is 5.32 Å². The smallest absolute Gasteiger partial charge is 0.258 e. The molecular weight excluding hydrogens is 576 g/mol. The summed E-state index contributed by atoms with van der Waals surface area (Å²) in [6, 6.07) is 7.99. The molecule has 2 aromatic heterocycles. The number of fused-ring (bicyclic) bond motifs is 1. The fourth-order valence-electron chi connectivity index (χ4n) is 2.75. The normalized spacial score (nSPS) is 11.8. The summed E-state index contributed by atoms with van der Waals surface area (Å²) in [7, 11) is -1.15. The van der Waals surface area contributed by atoms with Crippen LogP contribution in [-0.2, 0) is 11.5 Å². The van der Waals surface area contributed by atoms with Gasteiger partial charge in [-0.2, -0.15) is 0 Å². The molecule has 3 aromatic rings. The first kappa shape index (κ1) is 23.8. The summed E-state index contributed by atoms with van der Waals surface area (Å²) in [5.74, 6) is -0.432. The molecule has 2 heterocycles. The third-order valence-electron chi connectivity index (χ3n) is 4.47. The maximum Gasteiger partial charge on any atom is 0.258 e. The van der Waals surface area contributed by atoms with E-state index in [0.717, 1.165) is 9.74 Å². The van der Waals surface area contributed by atoms with E-state index in [4.69, 9.17) is 39.5 Å². The van der Waals surface area contributed by atoms with Crippen LogP contribution in [-0.4, -0.2) is 30.1 Å². The van der Waals surface area contributed by atoms with Gasteiger partial charge in [0, 0.05) is 26.3 Å². The molecule has 0 aliphatic heterocycles. The number of aromatic nitrogens is 2. The van der Waals surface area contributed by atoms with E-state index in [1.165, 1.54) is 6.20 Å². The summed E-state index contributed by atoms with van der Waals surface area (Å²) in [5, 5.41) is 4.42. The first-order valence-electron chi connectivity index (χ1n) is 9.25. The molecule has 0 aliphatic carbocycles. The van der Waals surface area contributed by atoms with E-state index in [1.54, 1.807) is 18.2 Å². The molecule has 5 nitrogen and oxygen atoms in total. The number of nitrogens with one attached hydrogen (secondary N) is 1. The monoisotopic (exact) mass is 595 g/mol. The molecule has 3 rings (SSSR count). The Morgan fingerprint density at radius 1 is 1.23 bits per heavy atom. The largest absolute Gasteiger partial charge is 0.361 e. The van der Waals surface area contributed by atoms with Crippen LogP contribution in [0.1, 0.15) is 10.4 Å². The number of hydrogen-bond acceptors (Lipinski definition) is 3. The van der Waals surface area contributed by atoms with Crippen LogP contribution in [0, 0.1) is 3.70 Å². The maximum absolute atomic E-state index is 12.8. The van der Waals surface area contributed by atoms with E-state index in [-0.39, 0.29) is 5.56 Å². The number of carbonyl (C=O) groups excluding carboxylic acids is 1. The summed E-state index contributed by atoms with van der Waals surface area (Å²) >= 11 is 21.1. The summed E-state index contributed by atoms with van der Waals surface area (Å²) in [4.78, 5) is 17.3. The van der Waals surface area contributed by atoms with E-state index in [2.05, 4.69) is 52.5 Å². The molecule has 0 aliphatic rings. The average molecular weight is 597 g/mol. The summed E-state index contributed by atoms with van der Waals surface area (Å²) < 4.78 is 8.74. The molecule has 0 saturated carbocycles. The van der Waals surface area contributed by atoms with Crippen molar-refractivity contribution in [3.05, 3.63) is 54.8 Å². The van der Waals surface area contributed by atoms with Gasteiger partial charge in [0.25, 0.3) is 5.91 Å². The molecule has 0 spiro atoms. The fraction of sp³-hybridized carbons (Fsp3) is 0.300. The van der Waals surface area contributed by atoms with Crippen molar-refractivity contribution in [3.63, 3.8) is 0 Å². The number of benzene rings is 1. The second-order valence-corrected chi connectivity index (χ2v) is 15.9. The van der Waals surface area contributed by atoms with E-state index in [9.17, 15) is 4.79 Å². The molecule has 0 atom stereocenters. The van der Waals surface area contributed by atoms with E-state index < -0.39 is 14.0 Å². The van der Waals surface area contributed by atoms with Gasteiger partial charge in [0.1, 0.15) is 12.4 Å². The first-order chi connectivity index (χ1) is 14.1. The molecule has 10 heteroatoms. The van der Waals surface area contributed by atoms with Crippen LogP contribution >= 0.6 is 57.4 Å². The zero-order chi connectivity index (χ0) is 22.1. The minimum Gasteiger partial charge on any atom is -0.361 e. The van der Waals surface area contributed by atoms with E-state index in [1.807, 2.05) is 10.6 Å². The van der Waals surface area contributed by atoms with Crippen LogP contribution in [0.25, 0.3) is 11.0 Å². The van der Waals surface area contributed by atoms with Gasteiger partial charge in [0.2, 0.25) is 0 Å². The van der Waals surface area contributed by atoms with Gasteiger partial charge in [-0.05, 0) is 46.8 Å². The number of hydrogen-bond donors (Lipinski definition) is 1. The molecule has 30 heavy (non-hydrogen) atoms. The molecular formula is C20H21Cl3IN3O2Si. The third-order valence-corrected chi connectivity index (χ3v) is 8.10. The van der Waals surface area contributed by atoms with Crippen molar-refractivity contribution in [2.45, 2.75) is 32.4 Å². The Hall–Kier alpha value is -0.843. The predicted octanol–water partition coefficient (Wildman–Crippen LogP) is 7.17. The quantitative estimate of drug-likeness (QED) is 0.179. The number of amides is 1. The molecule has 0 bridgehead atoms. The van der Waals surface area contributed by atoms with Crippen LogP contribution in [0.5, 0.6) is 0 Å². The highest BCUT2D eigenvalue weighted by Gasteiger charge is 2.20. The van der Waals surface area contributed by atoms with Gasteiger partial charge in [-0.25, -0.2) is 4.98 Å². The van der Waals surface area contributed by atoms with Crippen molar-refractivity contribution in [2.24, 2.45) is 0 Å². The average Bonchev–Trinajstić information content (AvgIpc) is 2.98. The third kappa shape index (κ3) is 5.49. The van der Waals surface area contributed by atoms with Gasteiger partial charge in [-0.15, -0.1) is 0 Å². The summed E-state index contributed by atoms with van der Waals surface area (Å²) in [5.41, 5.74) is 1.25. The zero-order valence-corrected chi connectivity index (χ0v) is 22.2. The van der Waals surface area contributed by atoms with Crippen molar-refractivity contribution >= 4 is 88.1 Å². The number of ether oxygens (including phenoxy) is 1. The minimum absolute atomic E-state index is 0.244. The lowest BCUT2D eigenvalue weighted by molar-refractivity contribution is 0.0883. The molecule has 0 fully saturated rings. The molecule has 0 radical (unpaired) electrons. The Kier molecular flexibility index (Phi) is 7.74. The summed E-state index contributed by atoms with van der Waals surface area (Å²) in [6.07, 6.45) is 1.46. The number of anilines is 1. The van der Waals surface area contributed by atoms with Crippen molar-refractivity contribution < 1.29 is 9.53 Å². The van der Waals surface area contributed by atoms with Gasteiger partial charge in [-0.1, -0.05) is 60.5 Å². The Morgan fingerprint density at radius 2 is 1.90 bits per heavy atom. The van der Waals surface area contributed by atoms with Crippen molar-refractivity contribution in [2.75, 3.05) is 11.9 Å². The van der Waals surface area contributed by atoms with Crippen LogP contribution in [0.15, 0.2) is 30.5 Å². The van der Waals surface area contributed by atoms with Crippen molar-refractivity contribution in [3.8, 4) is 0 Å². The van der Waals surface area contributed by atoms with E-state index >= 15 is 0 Å². The van der Waals surface area contributed by atoms with Crippen LogP contribution in [0.2, 0.25) is 40.8 Å². The van der Waals surface area contributed by atoms with Gasteiger partial charge >= 0.3 is 0 Å².